The fraction of sp³-hybridized carbons (Fsp3) is 0.588. The Morgan fingerprint density at radius 1 is 1.40 bits per heavy atom. The smallest absolute Gasteiger partial charge is 0.193 e. The van der Waals surface area contributed by atoms with E-state index in [0.29, 0.717) is 19.0 Å². The molecule has 2 N–H and O–H groups in total. The summed E-state index contributed by atoms with van der Waals surface area (Å²) in [5, 5.41) is 13.5. The zero-order valence-electron chi connectivity index (χ0n) is 15.2. The number of nitrogens with zero attached hydrogens (tertiary/aromatic N) is 2. The van der Waals surface area contributed by atoms with E-state index in [1.807, 2.05) is 17.0 Å². The van der Waals surface area contributed by atoms with Crippen LogP contribution in [-0.2, 0) is 9.84 Å². The van der Waals surface area contributed by atoms with Crippen LogP contribution >= 0.6 is 0 Å². The first-order chi connectivity index (χ1) is 11.7. The third-order valence-corrected chi connectivity index (χ3v) is 7.04. The average molecular weight is 369 g/mol. The van der Waals surface area contributed by atoms with Crippen molar-refractivity contribution < 1.29 is 18.3 Å². The summed E-state index contributed by atoms with van der Waals surface area (Å²) in [6.45, 7) is 4.50. The molecule has 1 unspecified atom stereocenters. The molecule has 0 bridgehead atoms. The van der Waals surface area contributed by atoms with E-state index in [9.17, 15) is 13.5 Å². The van der Waals surface area contributed by atoms with E-state index in [4.69, 9.17) is 4.74 Å². The Balaban J connectivity index is 1.98. The largest absolute Gasteiger partial charge is 0.497 e. The molecule has 2 rings (SSSR count). The van der Waals surface area contributed by atoms with Gasteiger partial charge in [0.2, 0.25) is 0 Å². The zero-order chi connectivity index (χ0) is 18.7. The van der Waals surface area contributed by atoms with Crippen LogP contribution in [0.5, 0.6) is 5.75 Å². The Hall–Kier alpha value is -1.80. The van der Waals surface area contributed by atoms with Crippen LogP contribution in [-0.4, -0.2) is 68.7 Å². The summed E-state index contributed by atoms with van der Waals surface area (Å²) in [4.78, 5) is 6.14. The fourth-order valence-corrected chi connectivity index (χ4v) is 4.15. The van der Waals surface area contributed by atoms with Gasteiger partial charge in [-0.3, -0.25) is 4.99 Å². The van der Waals surface area contributed by atoms with Gasteiger partial charge >= 0.3 is 0 Å². The Morgan fingerprint density at radius 2 is 2.04 bits per heavy atom. The number of rotatable bonds is 4. The summed E-state index contributed by atoms with van der Waals surface area (Å²) in [5.74, 6) is 1.42. The maximum Gasteiger partial charge on any atom is 0.193 e. The molecule has 0 aromatic heterocycles. The van der Waals surface area contributed by atoms with Crippen LogP contribution in [0.4, 0.5) is 0 Å². The number of hydrogen-bond donors (Lipinski definition) is 2. The highest BCUT2D eigenvalue weighted by Crippen LogP contribution is 2.24. The molecule has 1 heterocycles. The summed E-state index contributed by atoms with van der Waals surface area (Å²) in [6.07, 6.45) is -0.704. The maximum absolute atomic E-state index is 12.1. The van der Waals surface area contributed by atoms with E-state index in [0.717, 1.165) is 11.3 Å². The van der Waals surface area contributed by atoms with Gasteiger partial charge in [0, 0.05) is 26.7 Å². The highest BCUT2D eigenvalue weighted by atomic mass is 32.2. The van der Waals surface area contributed by atoms with Crippen LogP contribution < -0.4 is 10.1 Å². The molecular weight excluding hydrogens is 342 g/mol. The van der Waals surface area contributed by atoms with Gasteiger partial charge in [-0.2, -0.15) is 0 Å². The van der Waals surface area contributed by atoms with Crippen molar-refractivity contribution in [3.05, 3.63) is 29.8 Å². The Kier molecular flexibility index (Phi) is 5.95. The molecule has 1 aromatic rings. The second-order valence-electron chi connectivity index (χ2n) is 6.72. The molecule has 0 amide bonds. The summed E-state index contributed by atoms with van der Waals surface area (Å²) in [7, 11) is 0.143. The molecule has 0 saturated carbocycles. The monoisotopic (exact) mass is 369 g/mol. The first-order valence-electron chi connectivity index (χ1n) is 8.20. The van der Waals surface area contributed by atoms with Gasteiger partial charge in [-0.1, -0.05) is 12.1 Å². The topological polar surface area (TPSA) is 91.2 Å². The SMILES string of the molecule is CN=C(NCC(O)c1ccc(OC)cc1)N1CCS(=O)(=O)C(C)(C)C1. The van der Waals surface area contributed by atoms with Crippen LogP contribution in [0.15, 0.2) is 29.3 Å². The molecule has 0 spiro atoms. The molecule has 0 radical (unpaired) electrons. The van der Waals surface area contributed by atoms with E-state index in [-0.39, 0.29) is 12.3 Å². The zero-order valence-corrected chi connectivity index (χ0v) is 16.0. The van der Waals surface area contributed by atoms with Gasteiger partial charge in [-0.15, -0.1) is 0 Å². The van der Waals surface area contributed by atoms with E-state index >= 15 is 0 Å². The van der Waals surface area contributed by atoms with Crippen molar-refractivity contribution in [3.63, 3.8) is 0 Å². The molecule has 1 atom stereocenters. The summed E-state index contributed by atoms with van der Waals surface area (Å²) in [6, 6.07) is 7.21. The van der Waals surface area contributed by atoms with Crippen molar-refractivity contribution >= 4 is 15.8 Å². The first kappa shape index (κ1) is 19.5. The molecule has 8 heteroatoms. The van der Waals surface area contributed by atoms with Gasteiger partial charge in [-0.25, -0.2) is 8.42 Å². The van der Waals surface area contributed by atoms with E-state index in [1.165, 1.54) is 0 Å². The number of guanidine groups is 1. The lowest BCUT2D eigenvalue weighted by molar-refractivity contribution is 0.179. The van der Waals surface area contributed by atoms with Gasteiger partial charge in [0.25, 0.3) is 0 Å². The number of aliphatic hydroxyl groups excluding tert-OH is 1. The lowest BCUT2D eigenvalue weighted by Gasteiger charge is -2.39. The van der Waals surface area contributed by atoms with Crippen molar-refractivity contribution in [2.75, 3.05) is 39.5 Å². The molecule has 1 aliphatic rings. The summed E-state index contributed by atoms with van der Waals surface area (Å²) >= 11 is 0. The number of benzene rings is 1. The van der Waals surface area contributed by atoms with Crippen molar-refractivity contribution in [1.29, 1.82) is 0 Å². The molecule has 1 aliphatic heterocycles. The van der Waals surface area contributed by atoms with Crippen LogP contribution in [0.2, 0.25) is 0 Å². The Morgan fingerprint density at radius 3 is 2.56 bits per heavy atom. The maximum atomic E-state index is 12.1. The molecule has 1 fully saturated rings. The lowest BCUT2D eigenvalue weighted by Crippen LogP contribution is -2.57. The number of aliphatic imine (C=N–C) groups is 1. The lowest BCUT2D eigenvalue weighted by atomic mass is 10.1. The van der Waals surface area contributed by atoms with E-state index < -0.39 is 20.7 Å². The standard InChI is InChI=1S/C17H27N3O4S/c1-17(2)12-20(9-10-25(17,22)23)16(18-3)19-11-15(21)13-5-7-14(24-4)8-6-13/h5-8,15,21H,9-12H2,1-4H3,(H,18,19). The van der Waals surface area contributed by atoms with Gasteiger partial charge in [0.1, 0.15) is 5.75 Å². The molecule has 25 heavy (non-hydrogen) atoms. The molecular formula is C17H27N3O4S. The van der Waals surface area contributed by atoms with Crippen molar-refractivity contribution in [2.24, 2.45) is 4.99 Å². The highest BCUT2D eigenvalue weighted by molar-refractivity contribution is 7.92. The van der Waals surface area contributed by atoms with Gasteiger partial charge in [-0.05, 0) is 31.5 Å². The molecule has 0 aliphatic carbocycles. The van der Waals surface area contributed by atoms with Gasteiger partial charge in [0.05, 0.1) is 23.7 Å². The molecule has 1 aromatic carbocycles. The predicted octanol–water partition coefficient (Wildman–Crippen LogP) is 0.813. The second-order valence-corrected chi connectivity index (χ2v) is 9.46. The minimum absolute atomic E-state index is 0.0989. The Bertz CT molecular complexity index is 714. The van der Waals surface area contributed by atoms with Crippen molar-refractivity contribution in [3.8, 4) is 5.75 Å². The number of methoxy groups -OCH3 is 1. The summed E-state index contributed by atoms with van der Waals surface area (Å²) in [5.41, 5.74) is 0.769. The first-order valence-corrected chi connectivity index (χ1v) is 9.85. The van der Waals surface area contributed by atoms with Crippen LogP contribution in [0.25, 0.3) is 0 Å². The van der Waals surface area contributed by atoms with Crippen LogP contribution in [0.1, 0.15) is 25.5 Å². The number of aliphatic hydroxyl groups is 1. The predicted molar refractivity (Wildman–Crippen MR) is 98.8 cm³/mol. The summed E-state index contributed by atoms with van der Waals surface area (Å²) < 4.78 is 28.5. The minimum Gasteiger partial charge on any atom is -0.497 e. The minimum atomic E-state index is -3.10. The molecule has 7 nitrogen and oxygen atoms in total. The van der Waals surface area contributed by atoms with E-state index in [2.05, 4.69) is 10.3 Å². The molecule has 1 saturated heterocycles. The van der Waals surface area contributed by atoms with Gasteiger partial charge in [0.15, 0.2) is 15.8 Å². The van der Waals surface area contributed by atoms with Crippen LogP contribution in [0.3, 0.4) is 0 Å². The van der Waals surface area contributed by atoms with Crippen LogP contribution in [0, 0.1) is 0 Å². The number of sulfone groups is 1. The number of nitrogens with one attached hydrogen (secondary N) is 1. The van der Waals surface area contributed by atoms with Gasteiger partial charge < -0.3 is 20.1 Å². The third-order valence-electron chi connectivity index (χ3n) is 4.51. The highest BCUT2D eigenvalue weighted by Gasteiger charge is 2.40. The quantitative estimate of drug-likeness (QED) is 0.603. The van der Waals surface area contributed by atoms with E-state index in [1.54, 1.807) is 40.1 Å². The van der Waals surface area contributed by atoms with Crippen molar-refractivity contribution in [1.82, 2.24) is 10.2 Å². The third kappa shape index (κ3) is 4.43. The number of ether oxygens (including phenoxy) is 1. The van der Waals surface area contributed by atoms with Crippen molar-refractivity contribution in [2.45, 2.75) is 24.7 Å². The second kappa shape index (κ2) is 7.61. The Labute approximate surface area is 149 Å². The molecule has 140 valence electrons. The normalized spacial score (nSPS) is 20.8. The average Bonchev–Trinajstić information content (AvgIpc) is 2.58. The number of hydrogen-bond acceptors (Lipinski definition) is 5. The fourth-order valence-electron chi connectivity index (χ4n) is 2.79.